The van der Waals surface area contributed by atoms with E-state index < -0.39 is 34.6 Å². The first-order chi connectivity index (χ1) is 8.40. The Morgan fingerprint density at radius 3 is 2.11 bits per heavy atom. The number of aliphatic carboxylic acids is 1. The number of hydrogen-bond acceptors (Lipinski definition) is 2. The van der Waals surface area contributed by atoms with E-state index in [0.717, 1.165) is 12.1 Å². The van der Waals surface area contributed by atoms with Gasteiger partial charge < -0.3 is 10.2 Å². The fourth-order valence-corrected chi connectivity index (χ4v) is 2.21. The van der Waals surface area contributed by atoms with Crippen LogP contribution in [0.25, 0.3) is 0 Å². The highest BCUT2D eigenvalue weighted by molar-refractivity contribution is 5.89. The summed E-state index contributed by atoms with van der Waals surface area (Å²) < 4.78 is 27.3. The minimum absolute atomic E-state index is 0.227. The smallest absolute Gasteiger partial charge is 0.338 e. The molecule has 6 heteroatoms. The molecule has 0 radical (unpaired) electrons. The van der Waals surface area contributed by atoms with E-state index in [9.17, 15) is 18.4 Å². The normalized spacial score (nSPS) is 17.0. The van der Waals surface area contributed by atoms with Crippen LogP contribution in [0.3, 0.4) is 0 Å². The monoisotopic (exact) mass is 256 g/mol. The molecular formula is C12H10F2O4. The first-order valence-electron chi connectivity index (χ1n) is 5.35. The van der Waals surface area contributed by atoms with E-state index in [-0.39, 0.29) is 18.4 Å². The van der Waals surface area contributed by atoms with E-state index >= 15 is 0 Å². The number of carboxylic acids is 2. The Hall–Kier alpha value is -1.98. The predicted molar refractivity (Wildman–Crippen MR) is 56.5 cm³/mol. The molecule has 0 aromatic heterocycles. The Bertz CT molecular complexity index is 535. The molecule has 96 valence electrons. The summed E-state index contributed by atoms with van der Waals surface area (Å²) in [6, 6.07) is 1.95. The topological polar surface area (TPSA) is 74.6 Å². The average molecular weight is 256 g/mol. The number of carboxylic acid groups (broad SMARTS) is 2. The minimum atomic E-state index is -1.59. The molecule has 0 aliphatic heterocycles. The van der Waals surface area contributed by atoms with Crippen LogP contribution in [-0.4, -0.2) is 22.2 Å². The van der Waals surface area contributed by atoms with Crippen molar-refractivity contribution in [2.45, 2.75) is 24.7 Å². The zero-order valence-electron chi connectivity index (χ0n) is 9.24. The van der Waals surface area contributed by atoms with Crippen molar-refractivity contribution in [1.82, 2.24) is 0 Å². The molecular weight excluding hydrogens is 246 g/mol. The Morgan fingerprint density at radius 2 is 1.72 bits per heavy atom. The Kier molecular flexibility index (Phi) is 2.80. The van der Waals surface area contributed by atoms with Crippen molar-refractivity contribution in [1.29, 1.82) is 0 Å². The highest BCUT2D eigenvalue weighted by Gasteiger charge is 2.48. The molecule has 0 saturated heterocycles. The number of carbonyl (C=O) groups is 2. The third-order valence-electron chi connectivity index (χ3n) is 3.44. The van der Waals surface area contributed by atoms with Gasteiger partial charge in [-0.15, -0.1) is 0 Å². The van der Waals surface area contributed by atoms with Crippen molar-refractivity contribution < 1.29 is 28.6 Å². The molecule has 1 aromatic rings. The van der Waals surface area contributed by atoms with Gasteiger partial charge in [0.2, 0.25) is 0 Å². The summed E-state index contributed by atoms with van der Waals surface area (Å²) in [5.41, 5.74) is -2.48. The second-order valence-electron chi connectivity index (χ2n) is 4.33. The molecule has 2 N–H and O–H groups in total. The summed E-state index contributed by atoms with van der Waals surface area (Å²) >= 11 is 0. The Labute approximate surface area is 101 Å². The van der Waals surface area contributed by atoms with Gasteiger partial charge in [-0.2, -0.15) is 0 Å². The Morgan fingerprint density at radius 1 is 1.11 bits per heavy atom. The highest BCUT2D eigenvalue weighted by Crippen LogP contribution is 2.45. The summed E-state index contributed by atoms with van der Waals surface area (Å²) in [7, 11) is 0. The second kappa shape index (κ2) is 4.04. The van der Waals surface area contributed by atoms with Crippen molar-refractivity contribution in [2.24, 2.45) is 0 Å². The van der Waals surface area contributed by atoms with Crippen LogP contribution in [0.4, 0.5) is 8.78 Å². The summed E-state index contributed by atoms with van der Waals surface area (Å²) in [6.07, 6.45) is 1.07. The molecule has 2 rings (SSSR count). The molecule has 0 heterocycles. The maximum Gasteiger partial charge on any atom is 0.338 e. The molecule has 0 bridgehead atoms. The molecule has 4 nitrogen and oxygen atoms in total. The Balaban J connectivity index is 2.57. The summed E-state index contributed by atoms with van der Waals surface area (Å²) in [4.78, 5) is 21.8. The molecule has 1 saturated carbocycles. The van der Waals surface area contributed by atoms with Crippen LogP contribution in [0.1, 0.15) is 35.2 Å². The molecule has 0 unspecified atom stereocenters. The van der Waals surface area contributed by atoms with Crippen molar-refractivity contribution in [3.63, 3.8) is 0 Å². The zero-order valence-corrected chi connectivity index (χ0v) is 9.24. The largest absolute Gasteiger partial charge is 0.481 e. The van der Waals surface area contributed by atoms with Crippen LogP contribution < -0.4 is 0 Å². The molecule has 1 aromatic carbocycles. The lowest BCUT2D eigenvalue weighted by Gasteiger charge is -2.38. The van der Waals surface area contributed by atoms with Gasteiger partial charge in [-0.3, -0.25) is 4.79 Å². The molecule has 1 aliphatic carbocycles. The van der Waals surface area contributed by atoms with E-state index in [4.69, 9.17) is 10.2 Å². The van der Waals surface area contributed by atoms with E-state index in [1.807, 2.05) is 0 Å². The molecule has 0 atom stereocenters. The standard InChI is InChI=1S/C12H10F2O4/c13-8-6(10(15)16)2-3-7(9(8)14)12(11(17)18)4-1-5-12/h2-3H,1,4-5H2,(H,15,16)(H,17,18). The van der Waals surface area contributed by atoms with E-state index in [2.05, 4.69) is 0 Å². The first-order valence-corrected chi connectivity index (χ1v) is 5.35. The highest BCUT2D eigenvalue weighted by atomic mass is 19.2. The van der Waals surface area contributed by atoms with Gasteiger partial charge in [0.15, 0.2) is 11.6 Å². The van der Waals surface area contributed by atoms with E-state index in [1.165, 1.54) is 0 Å². The second-order valence-corrected chi connectivity index (χ2v) is 4.33. The van der Waals surface area contributed by atoms with Gasteiger partial charge in [-0.1, -0.05) is 12.5 Å². The van der Waals surface area contributed by atoms with Crippen molar-refractivity contribution in [3.05, 3.63) is 34.9 Å². The van der Waals surface area contributed by atoms with Gasteiger partial charge in [0, 0.05) is 5.56 Å². The summed E-state index contributed by atoms with van der Waals surface area (Å²) in [5, 5.41) is 17.8. The number of rotatable bonds is 3. The number of benzene rings is 1. The molecule has 1 aliphatic rings. The SMILES string of the molecule is O=C(O)c1ccc(C2(C(=O)O)CCC2)c(F)c1F. The van der Waals surface area contributed by atoms with Crippen LogP contribution >= 0.6 is 0 Å². The first kappa shape index (κ1) is 12.5. The fourth-order valence-electron chi connectivity index (χ4n) is 2.21. The van der Waals surface area contributed by atoms with Gasteiger partial charge in [0.05, 0.1) is 11.0 Å². The predicted octanol–water partition coefficient (Wildman–Crippen LogP) is 2.17. The van der Waals surface area contributed by atoms with E-state index in [1.54, 1.807) is 0 Å². The van der Waals surface area contributed by atoms with Crippen LogP contribution in [-0.2, 0) is 10.2 Å². The van der Waals surface area contributed by atoms with E-state index in [0.29, 0.717) is 6.42 Å². The minimum Gasteiger partial charge on any atom is -0.481 e. The van der Waals surface area contributed by atoms with Crippen LogP contribution in [0.2, 0.25) is 0 Å². The lowest BCUT2D eigenvalue weighted by Crippen LogP contribution is -2.43. The van der Waals surface area contributed by atoms with Gasteiger partial charge >= 0.3 is 11.9 Å². The van der Waals surface area contributed by atoms with Crippen LogP contribution in [0, 0.1) is 11.6 Å². The van der Waals surface area contributed by atoms with Crippen molar-refractivity contribution >= 4 is 11.9 Å². The molecule has 0 amide bonds. The number of halogens is 2. The fraction of sp³-hybridized carbons (Fsp3) is 0.333. The zero-order chi connectivity index (χ0) is 13.5. The molecule has 1 fully saturated rings. The third-order valence-corrected chi connectivity index (χ3v) is 3.44. The lowest BCUT2D eigenvalue weighted by molar-refractivity contribution is -0.147. The third kappa shape index (κ3) is 1.56. The average Bonchev–Trinajstić information content (AvgIpc) is 2.21. The van der Waals surface area contributed by atoms with Gasteiger partial charge in [0.25, 0.3) is 0 Å². The quantitative estimate of drug-likeness (QED) is 0.869. The summed E-state index contributed by atoms with van der Waals surface area (Å²) in [5.74, 6) is -5.68. The number of aromatic carboxylic acids is 1. The maximum atomic E-state index is 13.8. The number of hydrogen-bond donors (Lipinski definition) is 2. The molecule has 18 heavy (non-hydrogen) atoms. The van der Waals surface area contributed by atoms with Crippen molar-refractivity contribution in [2.75, 3.05) is 0 Å². The summed E-state index contributed by atoms with van der Waals surface area (Å²) in [6.45, 7) is 0. The lowest BCUT2D eigenvalue weighted by atomic mass is 9.64. The van der Waals surface area contributed by atoms with Gasteiger partial charge in [-0.05, 0) is 18.9 Å². The van der Waals surface area contributed by atoms with Gasteiger partial charge in [-0.25, -0.2) is 13.6 Å². The van der Waals surface area contributed by atoms with Gasteiger partial charge in [0.1, 0.15) is 0 Å². The van der Waals surface area contributed by atoms with Crippen LogP contribution in [0.5, 0.6) is 0 Å². The maximum absolute atomic E-state index is 13.8. The van der Waals surface area contributed by atoms with Crippen molar-refractivity contribution in [3.8, 4) is 0 Å². The molecule has 0 spiro atoms. The van der Waals surface area contributed by atoms with Crippen LogP contribution in [0.15, 0.2) is 12.1 Å².